The van der Waals surface area contributed by atoms with Gasteiger partial charge in [-0.3, -0.25) is 0 Å². The van der Waals surface area contributed by atoms with Crippen molar-refractivity contribution in [2.75, 3.05) is 33.6 Å². The van der Waals surface area contributed by atoms with Crippen molar-refractivity contribution in [3.63, 3.8) is 0 Å². The van der Waals surface area contributed by atoms with Gasteiger partial charge in [0.15, 0.2) is 0 Å². The van der Waals surface area contributed by atoms with Crippen LogP contribution in [0.1, 0.15) is 15.2 Å². The van der Waals surface area contributed by atoms with E-state index in [0.717, 1.165) is 19.4 Å². The second-order valence-corrected chi connectivity index (χ2v) is 2.88. The summed E-state index contributed by atoms with van der Waals surface area (Å²) in [7, 11) is 5.87. The summed E-state index contributed by atoms with van der Waals surface area (Å²) in [6, 6.07) is 0. The summed E-state index contributed by atoms with van der Waals surface area (Å²) in [5.41, 5.74) is 0. The molecule has 0 aromatic carbocycles. The summed E-state index contributed by atoms with van der Waals surface area (Å²) >= 11 is 0. The van der Waals surface area contributed by atoms with Crippen LogP contribution >= 0.6 is 9.24 Å². The highest BCUT2D eigenvalue weighted by atomic mass is 31.0. The van der Waals surface area contributed by atoms with E-state index in [0.29, 0.717) is 12.8 Å². The van der Waals surface area contributed by atoms with E-state index in [1.54, 1.807) is 14.2 Å². The monoisotopic (exact) mass is 181 g/mol. The Bertz CT molecular complexity index is 66.1. The predicted molar refractivity (Wildman–Crippen MR) is 53.2 cm³/mol. The fraction of sp³-hybridized carbons (Fsp3) is 1.00. The summed E-state index contributed by atoms with van der Waals surface area (Å²) in [5.74, 6) is 0.519. The number of rotatable bonds is 4. The van der Waals surface area contributed by atoms with Gasteiger partial charge in [-0.1, -0.05) is 13.8 Å². The predicted octanol–water partition coefficient (Wildman–Crippen LogP) is 1.80. The molecule has 0 rings (SSSR count). The summed E-state index contributed by atoms with van der Waals surface area (Å²) < 4.78 is 16.2. The minimum atomic E-state index is 0.519. The Morgan fingerprint density at radius 3 is 1.91 bits per heavy atom. The third-order valence-electron chi connectivity index (χ3n) is 0.902. The third-order valence-corrected chi connectivity index (χ3v) is 0.902. The third kappa shape index (κ3) is 17.9. The summed E-state index contributed by atoms with van der Waals surface area (Å²) in [4.78, 5) is 0. The Morgan fingerprint density at radius 1 is 1.36 bits per heavy atom. The van der Waals surface area contributed by atoms with Gasteiger partial charge in [-0.25, -0.2) is 0 Å². The molecule has 0 spiro atoms. The lowest BCUT2D eigenvalue weighted by atomic mass is 10.2. The Balaban J connectivity index is 0. The molecule has 0 N–H and O–H groups in total. The van der Waals surface area contributed by atoms with Crippen LogP contribution in [0.25, 0.3) is 0 Å². The smallest absolute Gasteiger partial charge is 0.0509 e. The van der Waals surface area contributed by atoms with E-state index < -0.39 is 0 Å². The van der Waals surface area contributed by atoms with Gasteiger partial charge >= 0.3 is 0 Å². The molecule has 1 unspecified atom stereocenters. The second kappa shape index (κ2) is 13.0. The van der Waals surface area contributed by atoms with Crippen LogP contribution in [0.5, 0.6) is 0 Å². The summed E-state index contributed by atoms with van der Waals surface area (Å²) in [5, 5.41) is 0. The zero-order chi connectivity index (χ0) is 9.82. The highest BCUT2D eigenvalue weighted by molar-refractivity contribution is 7.16. The van der Waals surface area contributed by atoms with E-state index in [1.165, 1.54) is 0 Å². The molecule has 11 heavy (non-hydrogen) atoms. The number of ether oxygens (including phenoxy) is 2. The molecule has 0 bridgehead atoms. The fourth-order valence-electron chi connectivity index (χ4n) is 0.617. The fourth-order valence-corrected chi connectivity index (χ4v) is 0.617. The summed E-state index contributed by atoms with van der Waals surface area (Å²) in [6.07, 6.45) is 0.903. The number of hydrogen-bond acceptors (Lipinski definition) is 2. The molecule has 0 aromatic rings. The highest BCUT2D eigenvalue weighted by Crippen LogP contribution is 1.93. The van der Waals surface area contributed by atoms with Crippen molar-refractivity contribution < 1.29 is 10.8 Å². The second-order valence-electron chi connectivity index (χ2n) is 2.30. The Hall–Kier alpha value is 0.350. The van der Waals surface area contributed by atoms with Crippen molar-refractivity contribution in [3.8, 4) is 0 Å². The molecule has 0 aliphatic carbocycles. The first kappa shape index (κ1) is 11.4. The first-order chi connectivity index (χ1) is 5.72. The average molecular weight is 181 g/mol. The topological polar surface area (TPSA) is 18.5 Å². The zero-order valence-electron chi connectivity index (χ0n) is 8.80. The van der Waals surface area contributed by atoms with E-state index in [2.05, 4.69) is 16.2 Å². The minimum absolute atomic E-state index is 0.519. The van der Waals surface area contributed by atoms with Gasteiger partial charge in [-0.2, -0.15) is 0 Å². The molecule has 0 fully saturated rings. The quantitative estimate of drug-likeness (QED) is 0.616. The maximum atomic E-state index is 6.43. The standard InChI is InChI=1S/C6H14O2.C2H7P/c1-6(4-7-2)5-8-3;1-2-3/h6H,4-5H2,1-3H3;2-3H2,1H3/i;1D. The van der Waals surface area contributed by atoms with Gasteiger partial charge in [0.2, 0.25) is 0 Å². The molecule has 0 aliphatic rings. The number of hydrogen-bond donors (Lipinski definition) is 0. The molecule has 0 amide bonds. The van der Waals surface area contributed by atoms with Crippen LogP contribution in [-0.2, 0) is 9.47 Å². The van der Waals surface area contributed by atoms with Crippen molar-refractivity contribution in [2.24, 2.45) is 5.92 Å². The normalized spacial score (nSPS) is 10.5. The van der Waals surface area contributed by atoms with Crippen molar-refractivity contribution in [3.05, 3.63) is 0 Å². The van der Waals surface area contributed by atoms with Crippen molar-refractivity contribution in [1.82, 2.24) is 0 Å². The van der Waals surface area contributed by atoms with Crippen LogP contribution in [0.3, 0.4) is 0 Å². The molecule has 1 atom stereocenters. The van der Waals surface area contributed by atoms with Crippen LogP contribution in [0, 0.1) is 5.92 Å². The first-order valence-electron chi connectivity index (χ1n) is 4.40. The van der Waals surface area contributed by atoms with Gasteiger partial charge in [0.1, 0.15) is 0 Å². The molecule has 2 nitrogen and oxygen atoms in total. The Morgan fingerprint density at radius 2 is 1.73 bits per heavy atom. The Kier molecular flexibility index (Phi) is 13.4. The van der Waals surface area contributed by atoms with Crippen LogP contribution < -0.4 is 0 Å². The molecular formula is C8H21O2P. The lowest BCUT2D eigenvalue weighted by Gasteiger charge is -2.06. The van der Waals surface area contributed by atoms with Crippen molar-refractivity contribution >= 4 is 9.24 Å². The zero-order valence-corrected chi connectivity index (χ0v) is 8.95. The maximum absolute atomic E-state index is 6.43. The molecule has 0 radical (unpaired) electrons. The van der Waals surface area contributed by atoms with Gasteiger partial charge < -0.3 is 9.47 Å². The molecule has 70 valence electrons. The van der Waals surface area contributed by atoms with Crippen molar-refractivity contribution in [1.29, 1.82) is 0 Å². The first-order valence-corrected chi connectivity index (χ1v) is 4.51. The van der Waals surface area contributed by atoms with Gasteiger partial charge in [-0.15, -0.1) is 9.24 Å². The van der Waals surface area contributed by atoms with E-state index in [4.69, 9.17) is 10.8 Å². The molecule has 0 aliphatic heterocycles. The lowest BCUT2D eigenvalue weighted by molar-refractivity contribution is 0.0933. The Labute approximate surface area is 74.3 Å². The molecule has 0 aromatic heterocycles. The summed E-state index contributed by atoms with van der Waals surface area (Å²) in [6.45, 7) is 4.19. The average Bonchev–Trinajstić information content (AvgIpc) is 2.06. The van der Waals surface area contributed by atoms with Gasteiger partial charge in [0.05, 0.1) is 13.2 Å². The highest BCUT2D eigenvalue weighted by Gasteiger charge is 1.97. The molecular weight excluding hydrogens is 159 g/mol. The van der Waals surface area contributed by atoms with Gasteiger partial charge in [0.25, 0.3) is 0 Å². The van der Waals surface area contributed by atoms with Crippen LogP contribution in [0.2, 0.25) is 0 Å². The van der Waals surface area contributed by atoms with Crippen LogP contribution in [-0.4, -0.2) is 33.6 Å². The van der Waals surface area contributed by atoms with E-state index in [-0.39, 0.29) is 0 Å². The number of methoxy groups -OCH3 is 2. The molecule has 3 heteroatoms. The molecule has 0 saturated carbocycles. The van der Waals surface area contributed by atoms with Crippen LogP contribution in [0.15, 0.2) is 0 Å². The van der Waals surface area contributed by atoms with Crippen LogP contribution in [0.4, 0.5) is 0 Å². The van der Waals surface area contributed by atoms with Gasteiger partial charge in [0, 0.05) is 21.5 Å². The minimum Gasteiger partial charge on any atom is -0.384 e. The maximum Gasteiger partial charge on any atom is 0.0509 e. The van der Waals surface area contributed by atoms with E-state index >= 15 is 0 Å². The van der Waals surface area contributed by atoms with Gasteiger partial charge in [-0.05, 0) is 6.16 Å². The van der Waals surface area contributed by atoms with E-state index in [9.17, 15) is 0 Å². The van der Waals surface area contributed by atoms with Crippen molar-refractivity contribution in [2.45, 2.75) is 13.8 Å². The SMILES string of the molecule is COCC(C)COC.[2H]CCP. The van der Waals surface area contributed by atoms with E-state index in [1.807, 2.05) is 0 Å². The lowest BCUT2D eigenvalue weighted by Crippen LogP contribution is -2.09. The molecule has 0 heterocycles. The molecule has 0 saturated heterocycles. The largest absolute Gasteiger partial charge is 0.384 e.